The van der Waals surface area contributed by atoms with E-state index in [0.29, 0.717) is 5.82 Å². The van der Waals surface area contributed by atoms with E-state index in [2.05, 4.69) is 25.9 Å². The number of nitrogens with zero attached hydrogens (tertiary/aromatic N) is 1. The molecule has 0 aliphatic heterocycles. The van der Waals surface area contributed by atoms with E-state index in [4.69, 9.17) is 5.11 Å². The topological polar surface area (TPSA) is 66.0 Å². The van der Waals surface area contributed by atoms with E-state index in [1.165, 1.54) is 0 Å². The average molecular weight is 309 g/mol. The van der Waals surface area contributed by atoms with Crippen LogP contribution in [-0.4, -0.2) is 21.0 Å². The number of rotatable bonds is 4. The summed E-state index contributed by atoms with van der Waals surface area (Å²) in [5, 5.41) is 9.03. The molecule has 2 rings (SSSR count). The van der Waals surface area contributed by atoms with Crippen molar-refractivity contribution in [2.24, 2.45) is 0 Å². The van der Waals surface area contributed by atoms with E-state index in [0.717, 1.165) is 15.7 Å². The second kappa shape index (κ2) is 5.35. The molecule has 5 heteroatoms. The van der Waals surface area contributed by atoms with Gasteiger partial charge < -0.3 is 10.1 Å². The molecule has 0 saturated carbocycles. The molecule has 4 nitrogen and oxygen atoms in total. The van der Waals surface area contributed by atoms with Gasteiger partial charge in [-0.1, -0.05) is 29.8 Å². The number of benzene rings is 1. The number of carboxylic acids is 1. The van der Waals surface area contributed by atoms with E-state index in [1.807, 2.05) is 31.2 Å². The Labute approximate surface area is 113 Å². The molecule has 2 N–H and O–H groups in total. The van der Waals surface area contributed by atoms with Crippen LogP contribution in [0.15, 0.2) is 35.1 Å². The first-order valence-corrected chi connectivity index (χ1v) is 6.34. The van der Waals surface area contributed by atoms with Crippen molar-refractivity contribution in [3.63, 3.8) is 0 Å². The minimum Gasteiger partial charge on any atom is -0.481 e. The van der Waals surface area contributed by atoms with Gasteiger partial charge in [0.25, 0.3) is 0 Å². The Hall–Kier alpha value is -1.62. The molecule has 0 fully saturated rings. The van der Waals surface area contributed by atoms with E-state index in [9.17, 15) is 4.79 Å². The summed E-state index contributed by atoms with van der Waals surface area (Å²) in [4.78, 5) is 18.2. The lowest BCUT2D eigenvalue weighted by atomic mass is 9.94. The largest absolute Gasteiger partial charge is 0.481 e. The molecular weight excluding hydrogens is 296 g/mol. The van der Waals surface area contributed by atoms with Gasteiger partial charge in [-0.2, -0.15) is 0 Å². The Kier molecular flexibility index (Phi) is 3.81. The molecular formula is C13H13BrN2O2. The fourth-order valence-corrected chi connectivity index (χ4v) is 2.23. The standard InChI is InChI=1S/C13H13BrN2O2/c1-8-3-2-4-9(5-8)10(6-12(17)18)13-15-7-11(14)16-13/h2-5,7,10H,6H2,1H3,(H,15,16)(H,17,18). The molecule has 0 saturated heterocycles. The zero-order valence-electron chi connectivity index (χ0n) is 9.85. The number of hydrogen-bond acceptors (Lipinski definition) is 2. The molecule has 1 atom stereocenters. The number of aliphatic carboxylic acids is 1. The van der Waals surface area contributed by atoms with E-state index >= 15 is 0 Å². The predicted molar refractivity (Wildman–Crippen MR) is 71.6 cm³/mol. The van der Waals surface area contributed by atoms with Gasteiger partial charge in [-0.15, -0.1) is 0 Å². The number of H-pyrrole nitrogens is 1. The Morgan fingerprint density at radius 3 is 2.89 bits per heavy atom. The first kappa shape index (κ1) is 12.8. The molecule has 94 valence electrons. The molecule has 18 heavy (non-hydrogen) atoms. The normalized spacial score (nSPS) is 12.3. The number of carbonyl (C=O) groups is 1. The minimum absolute atomic E-state index is 0.0173. The highest BCUT2D eigenvalue weighted by atomic mass is 79.9. The van der Waals surface area contributed by atoms with Crippen LogP contribution >= 0.6 is 15.9 Å². The molecule has 0 amide bonds. The van der Waals surface area contributed by atoms with Gasteiger partial charge in [0.1, 0.15) is 10.4 Å². The fraction of sp³-hybridized carbons (Fsp3) is 0.231. The van der Waals surface area contributed by atoms with Crippen molar-refractivity contribution >= 4 is 21.9 Å². The third-order valence-corrected chi connectivity index (χ3v) is 3.12. The summed E-state index contributed by atoms with van der Waals surface area (Å²) in [7, 11) is 0. The summed E-state index contributed by atoms with van der Waals surface area (Å²) in [6.07, 6.45) is 1.66. The van der Waals surface area contributed by atoms with E-state index in [1.54, 1.807) is 6.20 Å². The van der Waals surface area contributed by atoms with Crippen LogP contribution in [-0.2, 0) is 4.79 Å². The lowest BCUT2D eigenvalue weighted by Gasteiger charge is -2.13. The third-order valence-electron chi connectivity index (χ3n) is 2.72. The van der Waals surface area contributed by atoms with Crippen LogP contribution in [0.25, 0.3) is 0 Å². The molecule has 0 radical (unpaired) electrons. The smallest absolute Gasteiger partial charge is 0.304 e. The van der Waals surface area contributed by atoms with Crippen LogP contribution in [0.5, 0.6) is 0 Å². The Balaban J connectivity index is 2.39. The van der Waals surface area contributed by atoms with Crippen LogP contribution in [0.4, 0.5) is 0 Å². The highest BCUT2D eigenvalue weighted by molar-refractivity contribution is 9.10. The molecule has 1 aromatic carbocycles. The van der Waals surface area contributed by atoms with Crippen LogP contribution in [0.2, 0.25) is 0 Å². The van der Waals surface area contributed by atoms with Crippen LogP contribution < -0.4 is 0 Å². The maximum atomic E-state index is 11.0. The van der Waals surface area contributed by atoms with E-state index in [-0.39, 0.29) is 12.3 Å². The summed E-state index contributed by atoms with van der Waals surface area (Å²) in [6, 6.07) is 7.83. The summed E-state index contributed by atoms with van der Waals surface area (Å²) in [5.41, 5.74) is 2.06. The molecule has 1 aromatic heterocycles. The molecule has 0 bridgehead atoms. The first-order valence-electron chi connectivity index (χ1n) is 5.55. The maximum Gasteiger partial charge on any atom is 0.304 e. The monoisotopic (exact) mass is 308 g/mol. The Bertz CT molecular complexity index is 566. The summed E-state index contributed by atoms with van der Waals surface area (Å²) in [6.45, 7) is 1.99. The van der Waals surface area contributed by atoms with Gasteiger partial charge in [0, 0.05) is 0 Å². The highest BCUT2D eigenvalue weighted by Gasteiger charge is 2.20. The Morgan fingerprint density at radius 1 is 1.56 bits per heavy atom. The number of nitrogens with one attached hydrogen (secondary N) is 1. The summed E-state index contributed by atoms with van der Waals surface area (Å²) < 4.78 is 0.751. The van der Waals surface area contributed by atoms with Crippen molar-refractivity contribution in [2.75, 3.05) is 0 Å². The van der Waals surface area contributed by atoms with Gasteiger partial charge in [0.2, 0.25) is 0 Å². The zero-order valence-corrected chi connectivity index (χ0v) is 11.4. The first-order chi connectivity index (χ1) is 8.56. The van der Waals surface area contributed by atoms with Crippen molar-refractivity contribution in [2.45, 2.75) is 19.3 Å². The number of hydrogen-bond donors (Lipinski definition) is 2. The number of imidazole rings is 1. The lowest BCUT2D eigenvalue weighted by molar-refractivity contribution is -0.137. The third kappa shape index (κ3) is 2.98. The second-order valence-electron chi connectivity index (χ2n) is 4.18. The number of aromatic amines is 1. The number of halogens is 1. The van der Waals surface area contributed by atoms with Gasteiger partial charge in [-0.05, 0) is 28.4 Å². The predicted octanol–water partition coefficient (Wildman–Crippen LogP) is 3.09. The second-order valence-corrected chi connectivity index (χ2v) is 5.04. The molecule has 1 heterocycles. The van der Waals surface area contributed by atoms with Gasteiger partial charge in [0.05, 0.1) is 18.5 Å². The minimum atomic E-state index is -0.839. The SMILES string of the molecule is Cc1cccc(C(CC(=O)O)c2ncc(Br)[nH]2)c1. The molecule has 0 aliphatic carbocycles. The van der Waals surface area contributed by atoms with Crippen molar-refractivity contribution < 1.29 is 9.90 Å². The number of aromatic nitrogens is 2. The van der Waals surface area contributed by atoms with Gasteiger partial charge in [-0.3, -0.25) is 4.79 Å². The average Bonchev–Trinajstić information content (AvgIpc) is 2.72. The lowest BCUT2D eigenvalue weighted by Crippen LogP contribution is -2.09. The van der Waals surface area contributed by atoms with Crippen LogP contribution in [0, 0.1) is 6.92 Å². The maximum absolute atomic E-state index is 11.0. The molecule has 1 unspecified atom stereocenters. The van der Waals surface area contributed by atoms with Gasteiger partial charge >= 0.3 is 5.97 Å². The molecule has 0 aliphatic rings. The molecule has 0 spiro atoms. The van der Waals surface area contributed by atoms with Crippen molar-refractivity contribution in [1.82, 2.24) is 9.97 Å². The van der Waals surface area contributed by atoms with Crippen LogP contribution in [0.1, 0.15) is 29.3 Å². The number of carboxylic acid groups (broad SMARTS) is 1. The fourth-order valence-electron chi connectivity index (χ4n) is 1.92. The summed E-state index contributed by atoms with van der Waals surface area (Å²) in [5.74, 6) is -0.433. The van der Waals surface area contributed by atoms with Crippen molar-refractivity contribution in [3.05, 3.63) is 52.0 Å². The highest BCUT2D eigenvalue weighted by Crippen LogP contribution is 2.27. The number of aryl methyl sites for hydroxylation is 1. The van der Waals surface area contributed by atoms with E-state index < -0.39 is 5.97 Å². The zero-order chi connectivity index (χ0) is 13.1. The van der Waals surface area contributed by atoms with Crippen LogP contribution in [0.3, 0.4) is 0 Å². The van der Waals surface area contributed by atoms with Crippen molar-refractivity contribution in [3.8, 4) is 0 Å². The van der Waals surface area contributed by atoms with Gasteiger partial charge in [0.15, 0.2) is 0 Å². The molecule has 2 aromatic rings. The van der Waals surface area contributed by atoms with Crippen molar-refractivity contribution in [1.29, 1.82) is 0 Å². The summed E-state index contributed by atoms with van der Waals surface area (Å²) >= 11 is 3.29. The van der Waals surface area contributed by atoms with Gasteiger partial charge in [-0.25, -0.2) is 4.98 Å². The quantitative estimate of drug-likeness (QED) is 0.912. The Morgan fingerprint density at radius 2 is 2.33 bits per heavy atom.